The van der Waals surface area contributed by atoms with Crippen LogP contribution in [0.2, 0.25) is 0 Å². The van der Waals surface area contributed by atoms with Gasteiger partial charge in [0, 0.05) is 29.4 Å². The lowest BCUT2D eigenvalue weighted by molar-refractivity contribution is 0.809. The summed E-state index contributed by atoms with van der Waals surface area (Å²) < 4.78 is 0. The van der Waals surface area contributed by atoms with Gasteiger partial charge in [-0.3, -0.25) is 0 Å². The summed E-state index contributed by atoms with van der Waals surface area (Å²) in [5, 5.41) is 10.7. The van der Waals surface area contributed by atoms with Gasteiger partial charge in [0.05, 0.1) is 18.0 Å². The number of benzene rings is 1. The van der Waals surface area contributed by atoms with E-state index in [1.54, 1.807) is 0 Å². The van der Waals surface area contributed by atoms with Crippen molar-refractivity contribution in [3.8, 4) is 6.07 Å². The Morgan fingerprint density at radius 1 is 1.37 bits per heavy atom. The number of hydrogen-bond donors (Lipinski definition) is 0. The van der Waals surface area contributed by atoms with E-state index in [0.717, 1.165) is 35.1 Å². The third kappa shape index (κ3) is 3.05. The fourth-order valence-electron chi connectivity index (χ4n) is 2.12. The van der Waals surface area contributed by atoms with Crippen molar-refractivity contribution >= 4 is 32.7 Å². The molecule has 2 aromatic rings. The molecule has 3 nitrogen and oxygen atoms in total. The van der Waals surface area contributed by atoms with E-state index in [0.29, 0.717) is 6.42 Å². The average molecular weight is 318 g/mol. The molecule has 0 amide bonds. The number of nitrogens with zero attached hydrogens (tertiary/aromatic N) is 3. The van der Waals surface area contributed by atoms with Crippen LogP contribution in [0, 0.1) is 11.3 Å². The minimum Gasteiger partial charge on any atom is -0.356 e. The number of nitriles is 1. The maximum Gasteiger partial charge on any atom is 0.133 e. The summed E-state index contributed by atoms with van der Waals surface area (Å²) in [5.41, 5.74) is 2.16. The van der Waals surface area contributed by atoms with Crippen molar-refractivity contribution in [2.45, 2.75) is 18.7 Å². The van der Waals surface area contributed by atoms with Gasteiger partial charge in [-0.2, -0.15) is 5.26 Å². The Bertz CT molecular complexity index is 604. The molecule has 0 aliphatic heterocycles. The lowest BCUT2D eigenvalue weighted by Crippen LogP contribution is -2.25. The van der Waals surface area contributed by atoms with Crippen molar-refractivity contribution in [1.29, 1.82) is 5.26 Å². The normalized spacial score (nSPS) is 10.4. The highest BCUT2D eigenvalue weighted by Gasteiger charge is 2.12. The molecule has 0 saturated carbocycles. The number of para-hydroxylation sites is 1. The zero-order valence-electron chi connectivity index (χ0n) is 10.9. The van der Waals surface area contributed by atoms with Gasteiger partial charge in [0.2, 0.25) is 0 Å². The largest absolute Gasteiger partial charge is 0.356 e. The van der Waals surface area contributed by atoms with E-state index in [2.05, 4.69) is 46.0 Å². The first-order valence-electron chi connectivity index (χ1n) is 6.36. The Morgan fingerprint density at radius 2 is 2.16 bits per heavy atom. The van der Waals surface area contributed by atoms with Crippen LogP contribution in [0.25, 0.3) is 10.9 Å². The van der Waals surface area contributed by atoms with Gasteiger partial charge >= 0.3 is 0 Å². The average Bonchev–Trinajstić information content (AvgIpc) is 2.47. The number of anilines is 1. The summed E-state index contributed by atoms with van der Waals surface area (Å²) in [6.45, 7) is 3.66. The Labute approximate surface area is 122 Å². The van der Waals surface area contributed by atoms with Gasteiger partial charge in [-0.1, -0.05) is 34.1 Å². The van der Waals surface area contributed by atoms with Crippen LogP contribution in [0.3, 0.4) is 0 Å². The fourth-order valence-corrected chi connectivity index (χ4v) is 2.53. The number of halogens is 1. The summed E-state index contributed by atoms with van der Waals surface area (Å²) in [6.07, 6.45) is 0.518. The molecule has 1 aromatic heterocycles. The van der Waals surface area contributed by atoms with E-state index in [1.807, 2.05) is 18.2 Å². The topological polar surface area (TPSA) is 39.9 Å². The second-order valence-electron chi connectivity index (χ2n) is 4.29. The van der Waals surface area contributed by atoms with E-state index < -0.39 is 0 Å². The molecule has 0 N–H and O–H groups in total. The standard InChI is InChI=1S/C15H16BrN3/c1-2-19(9-5-8-17)15-13(11-16)10-12-6-3-4-7-14(12)18-15/h3-4,6-7,10H,2,5,9,11H2,1H3. The summed E-state index contributed by atoms with van der Waals surface area (Å²) in [4.78, 5) is 6.92. The zero-order valence-corrected chi connectivity index (χ0v) is 12.5. The molecule has 2 rings (SSSR count). The van der Waals surface area contributed by atoms with Gasteiger partial charge < -0.3 is 4.90 Å². The lowest BCUT2D eigenvalue weighted by atomic mass is 10.1. The van der Waals surface area contributed by atoms with Crippen LogP contribution in [-0.2, 0) is 5.33 Å². The molecule has 1 heterocycles. The van der Waals surface area contributed by atoms with Crippen molar-refractivity contribution in [3.05, 3.63) is 35.9 Å². The van der Waals surface area contributed by atoms with Crippen LogP contribution < -0.4 is 4.90 Å². The monoisotopic (exact) mass is 317 g/mol. The molecule has 0 radical (unpaired) electrons. The molecule has 4 heteroatoms. The van der Waals surface area contributed by atoms with Crippen LogP contribution in [0.15, 0.2) is 30.3 Å². The van der Waals surface area contributed by atoms with E-state index >= 15 is 0 Å². The first-order chi connectivity index (χ1) is 9.30. The molecule has 1 aromatic carbocycles. The fraction of sp³-hybridized carbons (Fsp3) is 0.333. The van der Waals surface area contributed by atoms with Gasteiger partial charge in [-0.05, 0) is 19.1 Å². The summed E-state index contributed by atoms with van der Waals surface area (Å²) in [6, 6.07) is 12.5. The second-order valence-corrected chi connectivity index (χ2v) is 4.85. The van der Waals surface area contributed by atoms with Crippen LogP contribution in [0.5, 0.6) is 0 Å². The number of fused-ring (bicyclic) bond motifs is 1. The van der Waals surface area contributed by atoms with Crippen LogP contribution >= 0.6 is 15.9 Å². The maximum atomic E-state index is 8.75. The lowest BCUT2D eigenvalue weighted by Gasteiger charge is -2.23. The van der Waals surface area contributed by atoms with Gasteiger partial charge in [-0.15, -0.1) is 0 Å². The van der Waals surface area contributed by atoms with E-state index in [-0.39, 0.29) is 0 Å². The summed E-state index contributed by atoms with van der Waals surface area (Å²) in [5.74, 6) is 0.980. The van der Waals surface area contributed by atoms with E-state index in [4.69, 9.17) is 10.2 Å². The highest BCUT2D eigenvalue weighted by atomic mass is 79.9. The van der Waals surface area contributed by atoms with Crippen molar-refractivity contribution in [1.82, 2.24) is 4.98 Å². The molecule has 0 fully saturated rings. The molecule has 0 spiro atoms. The second kappa shape index (κ2) is 6.53. The minimum absolute atomic E-state index is 0.518. The molecule has 0 atom stereocenters. The number of aromatic nitrogens is 1. The van der Waals surface area contributed by atoms with Crippen LogP contribution in [0.4, 0.5) is 5.82 Å². The van der Waals surface area contributed by atoms with Gasteiger partial charge in [0.1, 0.15) is 5.82 Å². The molecule has 0 bridgehead atoms. The Balaban J connectivity index is 2.47. The Morgan fingerprint density at radius 3 is 2.84 bits per heavy atom. The number of hydrogen-bond acceptors (Lipinski definition) is 3. The van der Waals surface area contributed by atoms with Crippen LogP contribution in [-0.4, -0.2) is 18.1 Å². The van der Waals surface area contributed by atoms with Crippen molar-refractivity contribution in [2.75, 3.05) is 18.0 Å². The Kier molecular flexibility index (Phi) is 4.75. The quantitative estimate of drug-likeness (QED) is 0.786. The van der Waals surface area contributed by atoms with Gasteiger partial charge in [-0.25, -0.2) is 4.98 Å². The third-order valence-corrected chi connectivity index (χ3v) is 3.70. The highest BCUT2D eigenvalue weighted by molar-refractivity contribution is 9.08. The summed E-state index contributed by atoms with van der Waals surface area (Å²) >= 11 is 3.53. The van der Waals surface area contributed by atoms with E-state index in [9.17, 15) is 0 Å². The number of rotatable bonds is 5. The highest BCUT2D eigenvalue weighted by Crippen LogP contribution is 2.25. The van der Waals surface area contributed by atoms with Gasteiger partial charge in [0.25, 0.3) is 0 Å². The predicted octanol–water partition coefficient (Wildman–Crippen LogP) is 3.87. The van der Waals surface area contributed by atoms with E-state index in [1.165, 1.54) is 5.56 Å². The maximum absolute atomic E-state index is 8.75. The number of alkyl halides is 1. The summed E-state index contributed by atoms with van der Waals surface area (Å²) in [7, 11) is 0. The molecule has 0 aliphatic rings. The third-order valence-electron chi connectivity index (χ3n) is 3.10. The molecule has 0 aliphatic carbocycles. The predicted molar refractivity (Wildman–Crippen MR) is 82.5 cm³/mol. The molecular weight excluding hydrogens is 302 g/mol. The molecular formula is C15H16BrN3. The van der Waals surface area contributed by atoms with Crippen molar-refractivity contribution < 1.29 is 0 Å². The molecule has 19 heavy (non-hydrogen) atoms. The molecule has 0 unspecified atom stereocenters. The molecule has 98 valence electrons. The van der Waals surface area contributed by atoms with Crippen molar-refractivity contribution in [2.24, 2.45) is 0 Å². The smallest absolute Gasteiger partial charge is 0.133 e. The first-order valence-corrected chi connectivity index (χ1v) is 7.48. The minimum atomic E-state index is 0.518. The zero-order chi connectivity index (χ0) is 13.7. The molecule has 0 saturated heterocycles. The van der Waals surface area contributed by atoms with Gasteiger partial charge in [0.15, 0.2) is 0 Å². The first kappa shape index (κ1) is 13.8. The van der Waals surface area contributed by atoms with Crippen molar-refractivity contribution in [3.63, 3.8) is 0 Å². The SMILES string of the molecule is CCN(CCC#N)c1nc2ccccc2cc1CBr. The van der Waals surface area contributed by atoms with Crippen LogP contribution in [0.1, 0.15) is 18.9 Å². The number of pyridine rings is 1. The Hall–Kier alpha value is -1.60.